The van der Waals surface area contributed by atoms with Crippen LogP contribution in [0.1, 0.15) is 69.2 Å². The van der Waals surface area contributed by atoms with Gasteiger partial charge in [-0.25, -0.2) is 0 Å². The molecule has 0 spiro atoms. The summed E-state index contributed by atoms with van der Waals surface area (Å²) in [6.07, 6.45) is 1.23. The lowest BCUT2D eigenvalue weighted by Crippen LogP contribution is -2.27. The fourth-order valence-electron chi connectivity index (χ4n) is 5.42. The summed E-state index contributed by atoms with van der Waals surface area (Å²) in [6.45, 7) is 9.13. The summed E-state index contributed by atoms with van der Waals surface area (Å²) in [4.78, 5) is 13.9. The van der Waals surface area contributed by atoms with Crippen LogP contribution < -0.4 is 20.1 Å². The molecule has 0 saturated carbocycles. The average molecular weight is 576 g/mol. The third kappa shape index (κ3) is 5.06. The van der Waals surface area contributed by atoms with E-state index < -0.39 is 0 Å². The lowest BCUT2D eigenvalue weighted by atomic mass is 9.77. The van der Waals surface area contributed by atoms with E-state index in [0.717, 1.165) is 39.1 Å². The van der Waals surface area contributed by atoms with Crippen LogP contribution in [0.25, 0.3) is 0 Å². The molecule has 0 fully saturated rings. The van der Waals surface area contributed by atoms with Crippen LogP contribution in [0.2, 0.25) is 0 Å². The molecule has 5 nitrogen and oxygen atoms in total. The molecule has 0 aromatic heterocycles. The van der Waals surface area contributed by atoms with Crippen molar-refractivity contribution < 1.29 is 14.3 Å². The van der Waals surface area contributed by atoms with Crippen LogP contribution in [0, 0.1) is 0 Å². The van der Waals surface area contributed by atoms with Gasteiger partial charge >= 0.3 is 0 Å². The first-order valence-electron chi connectivity index (χ1n) is 13.2. The van der Waals surface area contributed by atoms with E-state index in [1.807, 2.05) is 37.3 Å². The van der Waals surface area contributed by atoms with E-state index in [9.17, 15) is 4.79 Å². The number of rotatable bonds is 5. The van der Waals surface area contributed by atoms with Gasteiger partial charge in [0.25, 0.3) is 0 Å². The maximum absolute atomic E-state index is 13.9. The number of benzene rings is 3. The molecule has 0 amide bonds. The predicted octanol–water partition coefficient (Wildman–Crippen LogP) is 8.13. The Balaban J connectivity index is 1.58. The number of fused-ring (bicyclic) bond motifs is 1. The standard InChI is InChI=1S/C32H35BrN2O3/c1-6-38-31-23(33)15-21(18-28(31)37-5)30-29-26(34-24-9-7-8-10-25(24)35-30)16-20(17-27(29)36)19-11-13-22(14-12-19)32(2,3)4/h7-15,18,20,30,34-35H,6,16-17H2,1-5H3. The van der Waals surface area contributed by atoms with Crippen molar-refractivity contribution in [2.24, 2.45) is 0 Å². The van der Waals surface area contributed by atoms with Crippen LogP contribution in [0.4, 0.5) is 11.4 Å². The second kappa shape index (κ2) is 10.5. The van der Waals surface area contributed by atoms with E-state index in [2.05, 4.69) is 77.7 Å². The molecule has 38 heavy (non-hydrogen) atoms. The summed E-state index contributed by atoms with van der Waals surface area (Å²) < 4.78 is 12.3. The molecule has 1 aliphatic heterocycles. The fourth-order valence-corrected chi connectivity index (χ4v) is 6.00. The third-order valence-corrected chi connectivity index (χ3v) is 8.02. The second-order valence-corrected chi connectivity index (χ2v) is 11.9. The molecule has 2 aliphatic rings. The van der Waals surface area contributed by atoms with Crippen molar-refractivity contribution in [3.8, 4) is 11.5 Å². The zero-order chi connectivity index (χ0) is 27.0. The van der Waals surface area contributed by atoms with E-state index in [0.29, 0.717) is 24.5 Å². The highest BCUT2D eigenvalue weighted by Gasteiger charge is 2.36. The normalized spacial score (nSPS) is 19.1. The van der Waals surface area contributed by atoms with Gasteiger partial charge in [0.2, 0.25) is 0 Å². The van der Waals surface area contributed by atoms with Crippen molar-refractivity contribution in [2.45, 2.75) is 57.9 Å². The fraction of sp³-hybridized carbons (Fsp3) is 0.344. The van der Waals surface area contributed by atoms with E-state index in [-0.39, 0.29) is 23.2 Å². The first-order valence-corrected chi connectivity index (χ1v) is 14.0. The van der Waals surface area contributed by atoms with Gasteiger partial charge in [0.05, 0.1) is 35.6 Å². The maximum Gasteiger partial charge on any atom is 0.175 e. The number of ether oxygens (including phenoxy) is 2. The van der Waals surface area contributed by atoms with Gasteiger partial charge in [-0.15, -0.1) is 0 Å². The zero-order valence-corrected chi connectivity index (χ0v) is 24.2. The largest absolute Gasteiger partial charge is 0.493 e. The van der Waals surface area contributed by atoms with Gasteiger partial charge in [-0.05, 0) is 81.6 Å². The monoisotopic (exact) mass is 574 g/mol. The number of hydrogen-bond acceptors (Lipinski definition) is 5. The number of hydrogen-bond donors (Lipinski definition) is 2. The summed E-state index contributed by atoms with van der Waals surface area (Å²) in [7, 11) is 1.64. The summed E-state index contributed by atoms with van der Waals surface area (Å²) >= 11 is 3.67. The summed E-state index contributed by atoms with van der Waals surface area (Å²) in [5, 5.41) is 7.29. The molecule has 5 rings (SSSR count). The van der Waals surface area contributed by atoms with Gasteiger partial charge in [0, 0.05) is 17.7 Å². The number of ketones is 1. The Morgan fingerprint density at radius 1 is 0.974 bits per heavy atom. The SMILES string of the molecule is CCOc1c(Br)cc(C2Nc3ccccc3NC3=C2C(=O)CC(c2ccc(C(C)(C)C)cc2)C3)cc1OC. The van der Waals surface area contributed by atoms with Crippen LogP contribution in [-0.4, -0.2) is 19.5 Å². The van der Waals surface area contributed by atoms with Gasteiger partial charge in [0.1, 0.15) is 0 Å². The molecule has 6 heteroatoms. The minimum Gasteiger partial charge on any atom is -0.493 e. The van der Waals surface area contributed by atoms with Gasteiger partial charge in [-0.2, -0.15) is 0 Å². The van der Waals surface area contributed by atoms with Crippen LogP contribution in [0.3, 0.4) is 0 Å². The molecule has 2 N–H and O–H groups in total. The van der Waals surface area contributed by atoms with Gasteiger partial charge < -0.3 is 20.1 Å². The Kier molecular flexibility index (Phi) is 7.28. The number of anilines is 2. The number of halogens is 1. The minimum absolute atomic E-state index is 0.0924. The van der Waals surface area contributed by atoms with Gasteiger partial charge in [0.15, 0.2) is 17.3 Å². The Bertz CT molecular complexity index is 1390. The molecule has 1 heterocycles. The van der Waals surface area contributed by atoms with Gasteiger partial charge in [-0.3, -0.25) is 4.79 Å². The van der Waals surface area contributed by atoms with Crippen LogP contribution in [0.15, 0.2) is 76.4 Å². The molecule has 3 aromatic rings. The van der Waals surface area contributed by atoms with Crippen LogP contribution >= 0.6 is 15.9 Å². The highest BCUT2D eigenvalue weighted by atomic mass is 79.9. The van der Waals surface area contributed by atoms with Crippen molar-refractivity contribution in [3.05, 3.63) is 93.1 Å². The Morgan fingerprint density at radius 3 is 2.34 bits per heavy atom. The van der Waals surface area contributed by atoms with Crippen LogP contribution in [0.5, 0.6) is 11.5 Å². The van der Waals surface area contributed by atoms with E-state index in [1.54, 1.807) is 7.11 Å². The molecular weight excluding hydrogens is 540 g/mol. The average Bonchev–Trinajstić information content (AvgIpc) is 3.06. The number of nitrogens with one attached hydrogen (secondary N) is 2. The molecule has 1 aliphatic carbocycles. The highest BCUT2D eigenvalue weighted by molar-refractivity contribution is 9.10. The van der Waals surface area contributed by atoms with Crippen molar-refractivity contribution in [1.29, 1.82) is 0 Å². The first-order chi connectivity index (χ1) is 18.2. The lowest BCUT2D eigenvalue weighted by Gasteiger charge is -2.30. The first kappa shape index (κ1) is 26.4. The van der Waals surface area contributed by atoms with Crippen molar-refractivity contribution in [2.75, 3.05) is 24.4 Å². The third-order valence-electron chi connectivity index (χ3n) is 7.43. The highest BCUT2D eigenvalue weighted by Crippen LogP contribution is 2.47. The second-order valence-electron chi connectivity index (χ2n) is 11.0. The Morgan fingerprint density at radius 2 is 1.68 bits per heavy atom. The molecule has 198 valence electrons. The molecule has 2 atom stereocenters. The summed E-state index contributed by atoms with van der Waals surface area (Å²) in [5.41, 5.74) is 7.20. The zero-order valence-electron chi connectivity index (χ0n) is 22.7. The quantitative estimate of drug-likeness (QED) is 0.322. The molecule has 0 bridgehead atoms. The van der Waals surface area contributed by atoms with Crippen molar-refractivity contribution in [3.63, 3.8) is 0 Å². The number of methoxy groups -OCH3 is 1. The predicted molar refractivity (Wildman–Crippen MR) is 157 cm³/mol. The molecule has 0 radical (unpaired) electrons. The number of Topliss-reactive ketones (excluding diaryl/α,β-unsaturated/α-hetero) is 1. The van der Waals surface area contributed by atoms with Crippen LogP contribution in [-0.2, 0) is 10.2 Å². The molecule has 2 unspecified atom stereocenters. The van der Waals surface area contributed by atoms with E-state index >= 15 is 0 Å². The molecule has 0 saturated heterocycles. The summed E-state index contributed by atoms with van der Waals surface area (Å²) in [5.74, 6) is 1.56. The smallest absolute Gasteiger partial charge is 0.175 e. The minimum atomic E-state index is -0.334. The Hall–Kier alpha value is -3.25. The van der Waals surface area contributed by atoms with Crippen molar-refractivity contribution in [1.82, 2.24) is 0 Å². The summed E-state index contributed by atoms with van der Waals surface area (Å²) in [6, 6.07) is 20.6. The number of para-hydroxylation sites is 2. The maximum atomic E-state index is 13.9. The van der Waals surface area contributed by atoms with Gasteiger partial charge in [-0.1, -0.05) is 57.2 Å². The van der Waals surface area contributed by atoms with E-state index in [1.165, 1.54) is 11.1 Å². The molecule has 3 aromatic carbocycles. The molecular formula is C32H35BrN2O3. The topological polar surface area (TPSA) is 59.6 Å². The van der Waals surface area contributed by atoms with E-state index in [4.69, 9.17) is 9.47 Å². The number of carbonyl (C=O) groups is 1. The number of carbonyl (C=O) groups excluding carboxylic acids is 1. The Labute approximate surface area is 233 Å². The number of allylic oxidation sites excluding steroid dienone is 1. The van der Waals surface area contributed by atoms with Crippen molar-refractivity contribution >= 4 is 33.1 Å². The lowest BCUT2D eigenvalue weighted by molar-refractivity contribution is -0.116.